The van der Waals surface area contributed by atoms with Crippen molar-refractivity contribution in [1.29, 1.82) is 5.41 Å². The van der Waals surface area contributed by atoms with Crippen LogP contribution in [-0.4, -0.2) is 24.1 Å². The lowest BCUT2D eigenvalue weighted by Gasteiger charge is -2.13. The number of pyridine rings is 1. The van der Waals surface area contributed by atoms with Gasteiger partial charge in [0.2, 0.25) is 0 Å². The van der Waals surface area contributed by atoms with Gasteiger partial charge in [0.25, 0.3) is 0 Å². The van der Waals surface area contributed by atoms with Crippen molar-refractivity contribution in [3.63, 3.8) is 0 Å². The highest BCUT2D eigenvalue weighted by atomic mass is 15.0. The lowest BCUT2D eigenvalue weighted by atomic mass is 10.0. The highest BCUT2D eigenvalue weighted by Gasteiger charge is 2.08. The van der Waals surface area contributed by atoms with Crippen LogP contribution in [-0.2, 0) is 6.54 Å². The lowest BCUT2D eigenvalue weighted by molar-refractivity contribution is 0.962. The number of hydrogen-bond donors (Lipinski definition) is 2. The second-order valence-corrected chi connectivity index (χ2v) is 10.9. The number of rotatable bonds is 11. The van der Waals surface area contributed by atoms with Crippen LogP contribution >= 0.6 is 0 Å². The number of nitrogens with one attached hydrogen (secondary N) is 2. The van der Waals surface area contributed by atoms with Gasteiger partial charge in [0.1, 0.15) is 5.84 Å². The number of hydrogen-bond acceptors (Lipinski definition) is 3. The summed E-state index contributed by atoms with van der Waals surface area (Å²) in [4.78, 5) is 9.78. The molecule has 47 heavy (non-hydrogen) atoms. The van der Waals surface area contributed by atoms with Crippen LogP contribution in [0.4, 0.5) is 0 Å². The molecule has 0 aliphatic carbocycles. The zero-order valence-corrected chi connectivity index (χ0v) is 27.7. The summed E-state index contributed by atoms with van der Waals surface area (Å²) in [5, 5.41) is 11.5. The van der Waals surface area contributed by atoms with E-state index in [2.05, 4.69) is 177 Å². The normalized spacial score (nSPS) is 12.4. The van der Waals surface area contributed by atoms with Crippen LogP contribution in [0.3, 0.4) is 0 Å². The van der Waals surface area contributed by atoms with E-state index in [1.54, 1.807) is 0 Å². The van der Waals surface area contributed by atoms with Gasteiger partial charge in [-0.1, -0.05) is 140 Å². The number of nitrogens with zero attached hydrogens (tertiary/aromatic N) is 2. The molecule has 4 aromatic carbocycles. The van der Waals surface area contributed by atoms with Crippen molar-refractivity contribution < 1.29 is 0 Å². The average Bonchev–Trinajstić information content (AvgIpc) is 3.15. The largest absolute Gasteiger partial charge is 0.366 e. The van der Waals surface area contributed by atoms with E-state index in [9.17, 15) is 0 Å². The summed E-state index contributed by atoms with van der Waals surface area (Å²) in [6.07, 6.45) is 15.8. The Kier molecular flexibility index (Phi) is 13.4. The molecule has 5 rings (SSSR count). The Hall–Kier alpha value is -5.61. The van der Waals surface area contributed by atoms with Crippen LogP contribution in [0.5, 0.6) is 0 Å². The highest BCUT2D eigenvalue weighted by molar-refractivity contribution is 5.99. The fourth-order valence-corrected chi connectivity index (χ4v) is 5.27. The minimum absolute atomic E-state index is 0.570. The maximum Gasteiger partial charge on any atom is 0.128 e. The second kappa shape index (κ2) is 18.4. The molecule has 1 heterocycles. The molecule has 0 amide bonds. The molecule has 0 radical (unpaired) electrons. The summed E-state index contributed by atoms with van der Waals surface area (Å²) in [5.74, 6) is 0.880. The first kappa shape index (κ1) is 34.3. The summed E-state index contributed by atoms with van der Waals surface area (Å²) in [7, 11) is 0. The molecule has 5 aromatic rings. The molecule has 2 N–H and O–H groups in total. The van der Waals surface area contributed by atoms with Crippen LogP contribution in [0.15, 0.2) is 168 Å². The molecule has 0 spiro atoms. The van der Waals surface area contributed by atoms with Gasteiger partial charge in [-0.25, -0.2) is 0 Å². The van der Waals surface area contributed by atoms with Gasteiger partial charge in [0.05, 0.1) is 12.2 Å². The van der Waals surface area contributed by atoms with Crippen molar-refractivity contribution in [2.75, 3.05) is 6.54 Å². The van der Waals surface area contributed by atoms with Crippen molar-refractivity contribution in [3.05, 3.63) is 174 Å². The number of aromatic nitrogens is 1. The Bertz CT molecular complexity index is 1850. The van der Waals surface area contributed by atoms with Gasteiger partial charge in [0, 0.05) is 29.3 Å². The molecule has 0 saturated heterocycles. The molecule has 0 atom stereocenters. The first-order valence-corrected chi connectivity index (χ1v) is 16.0. The van der Waals surface area contributed by atoms with Gasteiger partial charge in [-0.15, -0.1) is 0 Å². The minimum Gasteiger partial charge on any atom is -0.366 e. The van der Waals surface area contributed by atoms with Crippen molar-refractivity contribution >= 4 is 23.3 Å². The Balaban J connectivity index is 0.00000245. The van der Waals surface area contributed by atoms with Crippen LogP contribution in [0.25, 0.3) is 33.2 Å². The van der Waals surface area contributed by atoms with Crippen molar-refractivity contribution in [1.82, 2.24) is 10.3 Å². The third kappa shape index (κ3) is 9.69. The maximum atomic E-state index is 5.50. The molecule has 236 valence electrons. The molecule has 0 saturated carbocycles. The summed E-state index contributed by atoms with van der Waals surface area (Å²) in [6, 6.07) is 38.2. The summed E-state index contributed by atoms with van der Waals surface area (Å²) in [5.41, 5.74) is 9.23. The van der Waals surface area contributed by atoms with E-state index >= 15 is 0 Å². The number of fused-ring (bicyclic) bond motifs is 1. The third-order valence-corrected chi connectivity index (χ3v) is 7.85. The molecule has 0 fully saturated rings. The van der Waals surface area contributed by atoms with Gasteiger partial charge in [-0.3, -0.25) is 9.98 Å². The van der Waals surface area contributed by atoms with Gasteiger partial charge in [-0.2, -0.15) is 0 Å². The average molecular weight is 617 g/mol. The van der Waals surface area contributed by atoms with E-state index < -0.39 is 0 Å². The van der Waals surface area contributed by atoms with E-state index in [1.165, 1.54) is 27.7 Å². The predicted octanol–water partition coefficient (Wildman–Crippen LogP) is 10.8. The standard InChI is InChI=1S/C42H41N3.CH3N/c1-4-13-32(5-2)14-12-15-33(6-3)30-44-42(39-26-24-36(25-27-39)35-16-8-7-9-17-35)45-31-34-20-22-38(23-21-34)41-40-19-11-10-18-37(40)28-29-43-41;1-2/h4-13,15-29H,14,30-31H2,1-3H3,(H,44,45);2H,1H2/b13-4-,15-12-,32-5+,33-6+;. The van der Waals surface area contributed by atoms with E-state index in [4.69, 9.17) is 10.4 Å². The molecule has 4 nitrogen and oxygen atoms in total. The maximum absolute atomic E-state index is 5.50. The number of amidine groups is 1. The highest BCUT2D eigenvalue weighted by Crippen LogP contribution is 2.27. The Morgan fingerprint density at radius 2 is 1.38 bits per heavy atom. The smallest absolute Gasteiger partial charge is 0.128 e. The summed E-state index contributed by atoms with van der Waals surface area (Å²) >= 11 is 0. The lowest BCUT2D eigenvalue weighted by Crippen LogP contribution is -2.26. The Labute approximate surface area is 280 Å². The zero-order valence-electron chi connectivity index (χ0n) is 27.7. The van der Waals surface area contributed by atoms with E-state index in [0.717, 1.165) is 40.0 Å². The monoisotopic (exact) mass is 616 g/mol. The molecular weight excluding hydrogens is 573 g/mol. The van der Waals surface area contributed by atoms with Gasteiger partial charge >= 0.3 is 0 Å². The quantitative estimate of drug-likeness (QED) is 0.0881. The van der Waals surface area contributed by atoms with Crippen molar-refractivity contribution in [3.8, 4) is 22.4 Å². The molecule has 0 aliphatic rings. The minimum atomic E-state index is 0.570. The fourth-order valence-electron chi connectivity index (χ4n) is 5.27. The van der Waals surface area contributed by atoms with Crippen LogP contribution < -0.4 is 5.32 Å². The second-order valence-electron chi connectivity index (χ2n) is 10.9. The molecule has 0 bridgehead atoms. The number of allylic oxidation sites excluding steroid dienone is 6. The van der Waals surface area contributed by atoms with Gasteiger partial charge in [-0.05, 0) is 73.2 Å². The van der Waals surface area contributed by atoms with Crippen molar-refractivity contribution in [2.45, 2.75) is 33.7 Å². The van der Waals surface area contributed by atoms with Gasteiger partial charge < -0.3 is 10.7 Å². The van der Waals surface area contributed by atoms with E-state index in [1.807, 2.05) is 12.3 Å². The fraction of sp³-hybridized carbons (Fsp3) is 0.140. The molecular formula is C43H44N4. The zero-order chi connectivity index (χ0) is 33.3. The van der Waals surface area contributed by atoms with E-state index in [-0.39, 0.29) is 0 Å². The molecule has 0 aliphatic heterocycles. The number of aliphatic imine (C=N–C) groups is 1. The van der Waals surface area contributed by atoms with Crippen molar-refractivity contribution in [2.24, 2.45) is 4.99 Å². The van der Waals surface area contributed by atoms with E-state index in [0.29, 0.717) is 13.1 Å². The first-order chi connectivity index (χ1) is 23.2. The molecule has 4 heteroatoms. The number of benzene rings is 4. The first-order valence-electron chi connectivity index (χ1n) is 16.0. The van der Waals surface area contributed by atoms with Crippen LogP contribution in [0.2, 0.25) is 0 Å². The molecule has 0 unspecified atom stereocenters. The van der Waals surface area contributed by atoms with Crippen LogP contribution in [0.1, 0.15) is 38.3 Å². The third-order valence-electron chi connectivity index (χ3n) is 7.85. The molecule has 1 aromatic heterocycles. The summed E-state index contributed by atoms with van der Waals surface area (Å²) in [6.45, 7) is 9.98. The predicted molar refractivity (Wildman–Crippen MR) is 203 cm³/mol. The Morgan fingerprint density at radius 3 is 2.09 bits per heavy atom. The summed E-state index contributed by atoms with van der Waals surface area (Å²) < 4.78 is 0. The Morgan fingerprint density at radius 1 is 0.723 bits per heavy atom. The van der Waals surface area contributed by atoms with Crippen LogP contribution in [0, 0.1) is 5.41 Å². The topological polar surface area (TPSA) is 61.1 Å². The van der Waals surface area contributed by atoms with Gasteiger partial charge in [0.15, 0.2) is 0 Å². The SMILES string of the molecule is C/C=C\C(=C/C)C/C=C\C(=C/C)CNC(=NCc1ccc(-c2nccc3ccccc23)cc1)c1ccc(-c2ccccc2)cc1.C=N.